The van der Waals surface area contributed by atoms with Gasteiger partial charge in [-0.3, -0.25) is 0 Å². The van der Waals surface area contributed by atoms with Crippen LogP contribution in [0.4, 0.5) is 0 Å². The van der Waals surface area contributed by atoms with E-state index in [4.69, 9.17) is 0 Å². The standard InChI is InChI=1S/C76H50/c1-9-13-21-41-73(5)65-27-19-17-25-57(65)59-35-29-51(45-67(59)73)53-31-37-61-63-39-33-55(49-71(63)75(7,69(61)47-53)43-23-15-11-3)56-34-40-64-62-38-32-54(48-70(62)76(8,72(64)50-56)44-24-16-12-4)52-30-36-60-58-26-18-20-28-66(58)74(6,68(60)46-52)42-22-14-10-2/h17-20,25-40,45-50H,1-8H3. The molecule has 8 aromatic carbocycles. The summed E-state index contributed by atoms with van der Waals surface area (Å²) in [6.45, 7) is 16.3. The van der Waals surface area contributed by atoms with Gasteiger partial charge in [-0.1, -0.05) is 169 Å². The van der Waals surface area contributed by atoms with Crippen LogP contribution in [0.1, 0.15) is 99.9 Å². The van der Waals surface area contributed by atoms with Gasteiger partial charge in [-0.2, -0.15) is 0 Å². The van der Waals surface area contributed by atoms with Crippen molar-refractivity contribution in [3.05, 3.63) is 202 Å². The van der Waals surface area contributed by atoms with Gasteiger partial charge < -0.3 is 0 Å². The van der Waals surface area contributed by atoms with Crippen molar-refractivity contribution in [2.45, 2.75) is 77.0 Å². The van der Waals surface area contributed by atoms with Crippen molar-refractivity contribution < 1.29 is 0 Å². The highest BCUT2D eigenvalue weighted by molar-refractivity contribution is 5.93. The molecule has 354 valence electrons. The quantitative estimate of drug-likeness (QED) is 0.155. The average Bonchev–Trinajstić information content (AvgIpc) is 4.07. The molecule has 4 unspecified atom stereocenters. The van der Waals surface area contributed by atoms with Crippen LogP contribution in [0.2, 0.25) is 0 Å². The zero-order valence-corrected chi connectivity index (χ0v) is 44.0. The molecule has 0 N–H and O–H groups in total. The maximum atomic E-state index is 3.67. The summed E-state index contributed by atoms with van der Waals surface area (Å²) in [5.74, 6) is 51.3. The maximum absolute atomic E-state index is 3.67. The molecule has 0 saturated carbocycles. The molecule has 0 heteroatoms. The lowest BCUT2D eigenvalue weighted by molar-refractivity contribution is 0.777. The van der Waals surface area contributed by atoms with E-state index in [0.717, 1.165) is 33.4 Å². The molecule has 0 amide bonds. The lowest BCUT2D eigenvalue weighted by Crippen LogP contribution is -2.19. The van der Waals surface area contributed by atoms with Gasteiger partial charge in [0.15, 0.2) is 0 Å². The van der Waals surface area contributed by atoms with Crippen LogP contribution in [0, 0.1) is 94.7 Å². The normalized spacial score (nSPS) is 19.2. The third-order valence-electron chi connectivity index (χ3n) is 16.4. The minimum absolute atomic E-state index is 0.495. The predicted molar refractivity (Wildman–Crippen MR) is 315 cm³/mol. The monoisotopic (exact) mass is 962 g/mol. The molecule has 0 heterocycles. The van der Waals surface area contributed by atoms with Crippen molar-refractivity contribution in [1.29, 1.82) is 0 Å². The van der Waals surface area contributed by atoms with E-state index in [1.165, 1.54) is 89.0 Å². The molecule has 4 aliphatic carbocycles. The molecule has 12 rings (SSSR count). The molecule has 0 fully saturated rings. The molecule has 76 heavy (non-hydrogen) atoms. The SMILES string of the molecule is CC#CC#CC1(C)c2ccccc2-c2ccc(-c3ccc4c(c3)C(C)(C#CC#CC)c3cc(-c5ccc6c(c5)C(C)(C#CC#CC)c5cc(-c7ccc8c(c7)C(C)(C#CC#CC)c7ccccc7-8)ccc5-6)ccc3-4)cc21. The van der Waals surface area contributed by atoms with Gasteiger partial charge in [0.2, 0.25) is 0 Å². The van der Waals surface area contributed by atoms with Crippen molar-refractivity contribution in [3.63, 3.8) is 0 Å². The zero-order chi connectivity index (χ0) is 52.4. The lowest BCUT2D eigenvalue weighted by Gasteiger charge is -2.23. The van der Waals surface area contributed by atoms with Crippen LogP contribution in [-0.4, -0.2) is 0 Å². The molecule has 0 radical (unpaired) electrons. The maximum Gasteiger partial charge on any atom is 0.0806 e. The molecular formula is C76H50. The molecule has 0 nitrogen and oxygen atoms in total. The molecule has 0 bridgehead atoms. The van der Waals surface area contributed by atoms with Crippen LogP contribution in [0.15, 0.2) is 158 Å². The zero-order valence-electron chi connectivity index (χ0n) is 44.0. The molecule has 0 saturated heterocycles. The predicted octanol–water partition coefficient (Wildman–Crippen LogP) is 15.9. The van der Waals surface area contributed by atoms with Crippen molar-refractivity contribution in [1.82, 2.24) is 0 Å². The Balaban J connectivity index is 0.928. The van der Waals surface area contributed by atoms with E-state index in [1.807, 2.05) is 27.7 Å². The third kappa shape index (κ3) is 7.10. The van der Waals surface area contributed by atoms with Crippen LogP contribution in [0.5, 0.6) is 0 Å². The van der Waals surface area contributed by atoms with Gasteiger partial charge >= 0.3 is 0 Å². The minimum atomic E-state index is -0.636. The van der Waals surface area contributed by atoms with Gasteiger partial charge in [0.05, 0.1) is 21.7 Å². The summed E-state index contributed by atoms with van der Waals surface area (Å²) >= 11 is 0. The molecule has 0 aliphatic heterocycles. The fourth-order valence-electron chi connectivity index (χ4n) is 12.5. The first-order chi connectivity index (χ1) is 37.0. The van der Waals surface area contributed by atoms with Crippen LogP contribution in [0.3, 0.4) is 0 Å². The number of hydrogen-bond donors (Lipinski definition) is 0. The van der Waals surface area contributed by atoms with E-state index in [-0.39, 0.29) is 0 Å². The third-order valence-corrected chi connectivity index (χ3v) is 16.4. The highest BCUT2D eigenvalue weighted by Gasteiger charge is 2.43. The molecule has 4 atom stereocenters. The Morgan fingerprint density at radius 3 is 0.645 bits per heavy atom. The van der Waals surface area contributed by atoms with Gasteiger partial charge in [0.25, 0.3) is 0 Å². The van der Waals surface area contributed by atoms with E-state index in [9.17, 15) is 0 Å². The van der Waals surface area contributed by atoms with Crippen LogP contribution < -0.4 is 0 Å². The van der Waals surface area contributed by atoms with E-state index in [0.29, 0.717) is 0 Å². The van der Waals surface area contributed by atoms with Gasteiger partial charge in [-0.05, 0) is 262 Å². The van der Waals surface area contributed by atoms with E-state index in [1.54, 1.807) is 0 Å². The van der Waals surface area contributed by atoms with Gasteiger partial charge in [0.1, 0.15) is 0 Å². The smallest absolute Gasteiger partial charge is 0.0806 e. The summed E-state index contributed by atoms with van der Waals surface area (Å²) in [6.07, 6.45) is 0. The molecule has 0 aromatic heterocycles. The molecular weight excluding hydrogens is 913 g/mol. The molecule has 4 aliphatic rings. The van der Waals surface area contributed by atoms with E-state index >= 15 is 0 Å². The van der Waals surface area contributed by atoms with Crippen molar-refractivity contribution >= 4 is 0 Å². The average molecular weight is 963 g/mol. The highest BCUT2D eigenvalue weighted by atomic mass is 14.4. The Kier molecular flexibility index (Phi) is 11.2. The fraction of sp³-hybridized carbons (Fsp3) is 0.158. The summed E-state index contributed by atoms with van der Waals surface area (Å²) < 4.78 is 0. The summed E-state index contributed by atoms with van der Waals surface area (Å²) in [6, 6.07) is 58.5. The first-order valence-electron chi connectivity index (χ1n) is 25.8. The van der Waals surface area contributed by atoms with Crippen LogP contribution in [0.25, 0.3) is 77.9 Å². The van der Waals surface area contributed by atoms with Crippen molar-refractivity contribution in [2.24, 2.45) is 0 Å². The topological polar surface area (TPSA) is 0 Å². The van der Waals surface area contributed by atoms with Gasteiger partial charge in [0, 0.05) is 0 Å². The van der Waals surface area contributed by atoms with Crippen molar-refractivity contribution in [3.8, 4) is 173 Å². The Morgan fingerprint density at radius 2 is 0.421 bits per heavy atom. The second-order valence-electron chi connectivity index (χ2n) is 20.7. The Bertz CT molecular complexity index is 4160. The van der Waals surface area contributed by atoms with E-state index < -0.39 is 21.7 Å². The number of fused-ring (bicyclic) bond motifs is 12. The number of hydrogen-bond acceptors (Lipinski definition) is 0. The Labute approximate surface area is 449 Å². The fourth-order valence-corrected chi connectivity index (χ4v) is 12.5. The summed E-state index contributed by atoms with van der Waals surface area (Å²) in [4.78, 5) is 0. The number of rotatable bonds is 3. The van der Waals surface area contributed by atoms with Gasteiger partial charge in [-0.25, -0.2) is 0 Å². The first-order valence-corrected chi connectivity index (χ1v) is 25.8. The minimum Gasteiger partial charge on any atom is -0.0925 e. The lowest BCUT2D eigenvalue weighted by atomic mass is 9.78. The highest BCUT2D eigenvalue weighted by Crippen LogP contribution is 2.55. The first kappa shape index (κ1) is 47.3. The number of benzene rings is 8. The van der Waals surface area contributed by atoms with Crippen LogP contribution >= 0.6 is 0 Å². The Hall–Kier alpha value is -9.76. The summed E-state index contributed by atoms with van der Waals surface area (Å²) in [5, 5.41) is 0. The van der Waals surface area contributed by atoms with Gasteiger partial charge in [-0.15, -0.1) is 0 Å². The van der Waals surface area contributed by atoms with Crippen LogP contribution in [-0.2, 0) is 21.7 Å². The second kappa shape index (κ2) is 18.0. The summed E-state index contributed by atoms with van der Waals surface area (Å²) in [7, 11) is 0. The molecule has 8 aromatic rings. The molecule has 0 spiro atoms. The van der Waals surface area contributed by atoms with Crippen molar-refractivity contribution in [2.75, 3.05) is 0 Å². The largest absolute Gasteiger partial charge is 0.0925 e. The van der Waals surface area contributed by atoms with E-state index in [2.05, 4.69) is 280 Å². The summed E-state index contributed by atoms with van der Waals surface area (Å²) in [5.41, 5.74) is 23.6. The second-order valence-corrected chi connectivity index (χ2v) is 20.7. The Morgan fingerprint density at radius 1 is 0.224 bits per heavy atom.